The lowest BCUT2D eigenvalue weighted by atomic mass is 9.70. The Morgan fingerprint density at radius 1 is 1.32 bits per heavy atom. The lowest BCUT2D eigenvalue weighted by Gasteiger charge is -2.47. The predicted octanol–water partition coefficient (Wildman–Crippen LogP) is 2.81. The van der Waals surface area contributed by atoms with Crippen LogP contribution in [0.5, 0.6) is 0 Å². The molecule has 0 saturated carbocycles. The average molecular weight is 342 g/mol. The molecule has 2 heterocycles. The van der Waals surface area contributed by atoms with Crippen LogP contribution in [-0.2, 0) is 0 Å². The monoisotopic (exact) mass is 342 g/mol. The molecular weight excluding hydrogens is 312 g/mol. The van der Waals surface area contributed by atoms with E-state index in [1.54, 1.807) is 5.56 Å². The second-order valence-electron chi connectivity index (χ2n) is 7.79. The van der Waals surface area contributed by atoms with Crippen LogP contribution in [-0.4, -0.2) is 61.1 Å². The van der Waals surface area contributed by atoms with Gasteiger partial charge in [-0.25, -0.2) is 4.79 Å². The van der Waals surface area contributed by atoms with Crippen LogP contribution in [0.1, 0.15) is 49.7 Å². The number of urea groups is 1. The van der Waals surface area contributed by atoms with E-state index in [0.29, 0.717) is 17.9 Å². The molecule has 1 aliphatic carbocycles. The third-order valence-electron chi connectivity index (χ3n) is 6.47. The first-order chi connectivity index (χ1) is 12.1. The molecular formula is C20H30N4O. The summed E-state index contributed by atoms with van der Waals surface area (Å²) in [4.78, 5) is 16.8. The molecule has 3 aliphatic rings. The van der Waals surface area contributed by atoms with Gasteiger partial charge in [0.1, 0.15) is 0 Å². The highest BCUT2D eigenvalue weighted by Gasteiger charge is 2.44. The highest BCUT2D eigenvalue weighted by molar-refractivity contribution is 5.74. The average Bonchev–Trinajstić information content (AvgIpc) is 3.02. The summed E-state index contributed by atoms with van der Waals surface area (Å²) in [7, 11) is 2.23. The van der Waals surface area contributed by atoms with Gasteiger partial charge < -0.3 is 20.4 Å². The number of hydrogen-bond donors (Lipinski definition) is 2. The zero-order valence-electron chi connectivity index (χ0n) is 15.6. The molecule has 25 heavy (non-hydrogen) atoms. The van der Waals surface area contributed by atoms with Crippen LogP contribution in [0, 0.1) is 0 Å². The van der Waals surface area contributed by atoms with Crippen LogP contribution in [0.4, 0.5) is 10.5 Å². The van der Waals surface area contributed by atoms with Crippen LogP contribution in [0.3, 0.4) is 0 Å². The minimum atomic E-state index is 0.0792. The lowest BCUT2D eigenvalue weighted by molar-refractivity contribution is 0.108. The number of likely N-dealkylation sites (N-methyl/N-ethyl adjacent to an activating group) is 1. The fourth-order valence-corrected chi connectivity index (χ4v) is 5.23. The van der Waals surface area contributed by atoms with E-state index < -0.39 is 0 Å². The van der Waals surface area contributed by atoms with Crippen LogP contribution in [0.25, 0.3) is 0 Å². The quantitative estimate of drug-likeness (QED) is 0.888. The van der Waals surface area contributed by atoms with E-state index >= 15 is 0 Å². The smallest absolute Gasteiger partial charge is 0.317 e. The summed E-state index contributed by atoms with van der Waals surface area (Å²) in [5, 5.41) is 6.87. The largest absolute Gasteiger partial charge is 0.384 e. The van der Waals surface area contributed by atoms with Crippen molar-refractivity contribution >= 4 is 11.7 Å². The molecule has 0 aromatic heterocycles. The van der Waals surface area contributed by atoms with E-state index in [-0.39, 0.29) is 12.1 Å². The summed E-state index contributed by atoms with van der Waals surface area (Å²) in [5.74, 6) is 1.17. The molecule has 1 aromatic carbocycles. The number of benzene rings is 1. The number of anilines is 1. The van der Waals surface area contributed by atoms with Gasteiger partial charge >= 0.3 is 6.03 Å². The molecule has 5 nitrogen and oxygen atoms in total. The Hall–Kier alpha value is -1.75. The molecule has 1 fully saturated rings. The van der Waals surface area contributed by atoms with Gasteiger partial charge in [-0.15, -0.1) is 0 Å². The molecule has 3 unspecified atom stereocenters. The molecule has 4 atom stereocenters. The van der Waals surface area contributed by atoms with E-state index in [2.05, 4.69) is 40.8 Å². The first-order valence-electron chi connectivity index (χ1n) is 9.74. The minimum absolute atomic E-state index is 0.0792. The number of carbonyl (C=O) groups is 1. The number of carbonyl (C=O) groups excluding carboxylic acids is 1. The van der Waals surface area contributed by atoms with Crippen LogP contribution in [0.15, 0.2) is 18.2 Å². The Kier molecular flexibility index (Phi) is 4.36. The van der Waals surface area contributed by atoms with Crippen molar-refractivity contribution in [1.82, 2.24) is 15.1 Å². The molecule has 5 heteroatoms. The van der Waals surface area contributed by atoms with E-state index in [0.717, 1.165) is 32.6 Å². The van der Waals surface area contributed by atoms with Crippen molar-refractivity contribution in [3.05, 3.63) is 29.3 Å². The number of likely N-dealkylation sites (tertiary alicyclic amines) is 1. The van der Waals surface area contributed by atoms with Gasteiger partial charge in [-0.3, -0.25) is 0 Å². The molecule has 1 aromatic rings. The number of fused-ring (bicyclic) bond motifs is 2. The molecule has 0 spiro atoms. The van der Waals surface area contributed by atoms with E-state index in [4.69, 9.17) is 0 Å². The van der Waals surface area contributed by atoms with Gasteiger partial charge in [0.25, 0.3) is 0 Å². The van der Waals surface area contributed by atoms with Gasteiger partial charge in [0.15, 0.2) is 0 Å². The zero-order chi connectivity index (χ0) is 17.6. The fourth-order valence-electron chi connectivity index (χ4n) is 5.23. The summed E-state index contributed by atoms with van der Waals surface area (Å²) < 4.78 is 0. The molecule has 1 saturated heterocycles. The fraction of sp³-hybridized carbons (Fsp3) is 0.650. The topological polar surface area (TPSA) is 47.6 Å². The van der Waals surface area contributed by atoms with Gasteiger partial charge in [-0.1, -0.05) is 12.1 Å². The van der Waals surface area contributed by atoms with Crippen molar-refractivity contribution < 1.29 is 4.79 Å². The normalized spacial score (nSPS) is 30.2. The maximum atomic E-state index is 12.5. The predicted molar refractivity (Wildman–Crippen MR) is 101 cm³/mol. The summed E-state index contributed by atoms with van der Waals surface area (Å²) in [6.45, 7) is 7.61. The highest BCUT2D eigenvalue weighted by Crippen LogP contribution is 2.49. The Bertz CT molecular complexity index is 657. The number of amides is 2. The summed E-state index contributed by atoms with van der Waals surface area (Å²) in [6, 6.07) is 7.61. The summed E-state index contributed by atoms with van der Waals surface area (Å²) in [6.07, 6.45) is 2.28. The number of hydrogen-bond acceptors (Lipinski definition) is 3. The Balaban J connectivity index is 1.56. The Morgan fingerprint density at radius 2 is 2.12 bits per heavy atom. The molecule has 2 amide bonds. The van der Waals surface area contributed by atoms with E-state index in [9.17, 15) is 4.79 Å². The minimum Gasteiger partial charge on any atom is -0.384 e. The highest BCUT2D eigenvalue weighted by atomic mass is 16.2. The van der Waals surface area contributed by atoms with Crippen molar-refractivity contribution in [1.29, 1.82) is 0 Å². The van der Waals surface area contributed by atoms with E-state index in [1.165, 1.54) is 17.7 Å². The van der Waals surface area contributed by atoms with Crippen molar-refractivity contribution in [3.8, 4) is 0 Å². The van der Waals surface area contributed by atoms with E-state index in [1.807, 2.05) is 18.7 Å². The maximum absolute atomic E-state index is 12.5. The lowest BCUT2D eigenvalue weighted by Crippen LogP contribution is -2.56. The molecule has 2 aliphatic heterocycles. The van der Waals surface area contributed by atoms with Crippen LogP contribution in [0.2, 0.25) is 0 Å². The van der Waals surface area contributed by atoms with Gasteiger partial charge in [0.05, 0.1) is 0 Å². The number of piperidine rings is 1. The van der Waals surface area contributed by atoms with Gasteiger partial charge in [-0.2, -0.15) is 0 Å². The van der Waals surface area contributed by atoms with Crippen molar-refractivity contribution in [3.63, 3.8) is 0 Å². The van der Waals surface area contributed by atoms with Crippen molar-refractivity contribution in [2.45, 2.75) is 50.6 Å². The van der Waals surface area contributed by atoms with Gasteiger partial charge in [0, 0.05) is 55.8 Å². The van der Waals surface area contributed by atoms with Crippen molar-refractivity contribution in [2.75, 3.05) is 38.5 Å². The number of nitrogens with zero attached hydrogens (tertiary/aromatic N) is 2. The first-order valence-corrected chi connectivity index (χ1v) is 9.74. The molecule has 0 radical (unpaired) electrons. The molecule has 4 rings (SSSR count). The third kappa shape index (κ3) is 2.78. The maximum Gasteiger partial charge on any atom is 0.317 e. The zero-order valence-corrected chi connectivity index (χ0v) is 15.6. The molecule has 0 bridgehead atoms. The summed E-state index contributed by atoms with van der Waals surface area (Å²) in [5.41, 5.74) is 4.39. The van der Waals surface area contributed by atoms with Gasteiger partial charge in [-0.05, 0) is 50.9 Å². The molecule has 136 valence electrons. The standard InChI is InChI=1S/C20H30N4O/c1-4-24(5-2)20(25)22-14-10-16-15-7-6-8-17-19(15)13(11-21-17)9-18(16)23(3)12-14/h6-8,13-14,16,18,21H,4-5,9-12H2,1-3H3,(H,22,25)/t13?,14?,16?,18-/m1/s1. The second-order valence-corrected chi connectivity index (χ2v) is 7.79. The Labute approximate surface area is 150 Å². The molecule has 2 N–H and O–H groups in total. The summed E-state index contributed by atoms with van der Waals surface area (Å²) >= 11 is 0. The Morgan fingerprint density at radius 3 is 2.88 bits per heavy atom. The number of nitrogens with one attached hydrogen (secondary N) is 2. The third-order valence-corrected chi connectivity index (χ3v) is 6.47. The first kappa shape index (κ1) is 16.7. The van der Waals surface area contributed by atoms with Crippen molar-refractivity contribution in [2.24, 2.45) is 0 Å². The van der Waals surface area contributed by atoms with Crippen LogP contribution < -0.4 is 10.6 Å². The van der Waals surface area contributed by atoms with Crippen LogP contribution >= 0.6 is 0 Å². The number of rotatable bonds is 3. The van der Waals surface area contributed by atoms with Gasteiger partial charge in [0.2, 0.25) is 0 Å². The second kappa shape index (κ2) is 6.52. The SMILES string of the molecule is CCN(CC)C(=O)NC1CC2c3cccc4c3C(CN4)C[C@H]2N(C)C1.